The number of fused-ring (bicyclic) bond motifs is 2. The molecule has 0 spiro atoms. The summed E-state index contributed by atoms with van der Waals surface area (Å²) in [5.74, 6) is 0.189. The van der Waals surface area contributed by atoms with Gasteiger partial charge >= 0.3 is 0 Å². The van der Waals surface area contributed by atoms with E-state index in [9.17, 15) is 4.79 Å². The summed E-state index contributed by atoms with van der Waals surface area (Å²) in [4.78, 5) is 20.4. The third-order valence-corrected chi connectivity index (χ3v) is 5.19. The minimum Gasteiger partial charge on any atom is -0.338 e. The van der Waals surface area contributed by atoms with Gasteiger partial charge in [-0.1, -0.05) is 18.2 Å². The Morgan fingerprint density at radius 2 is 2.18 bits per heavy atom. The zero-order valence-corrected chi connectivity index (χ0v) is 13.0. The molecule has 2 aromatic heterocycles. The molecule has 0 N–H and O–H groups in total. The number of rotatable bonds is 2. The minimum absolute atomic E-state index is 0.189. The lowest BCUT2D eigenvalue weighted by atomic mass is 10.1. The molecule has 3 heterocycles. The van der Waals surface area contributed by atoms with Gasteiger partial charge in [-0.2, -0.15) is 0 Å². The first-order valence-corrected chi connectivity index (χ1v) is 8.34. The summed E-state index contributed by atoms with van der Waals surface area (Å²) in [6.07, 6.45) is 3.23. The molecule has 1 amide bonds. The number of nitrogens with zero attached hydrogens (tertiary/aromatic N) is 2. The van der Waals surface area contributed by atoms with E-state index in [1.807, 2.05) is 35.4 Å². The van der Waals surface area contributed by atoms with Gasteiger partial charge in [0.1, 0.15) is 0 Å². The molecule has 0 unspecified atom stereocenters. The maximum absolute atomic E-state index is 12.5. The van der Waals surface area contributed by atoms with Gasteiger partial charge in [0.25, 0.3) is 0 Å². The van der Waals surface area contributed by atoms with Crippen molar-refractivity contribution in [1.29, 1.82) is 0 Å². The second kappa shape index (κ2) is 5.54. The maximum Gasteiger partial charge on any atom is 0.227 e. The molecule has 0 radical (unpaired) electrons. The van der Waals surface area contributed by atoms with Crippen LogP contribution in [0.1, 0.15) is 16.0 Å². The quantitative estimate of drug-likeness (QED) is 0.727. The Morgan fingerprint density at radius 1 is 1.27 bits per heavy atom. The Bertz CT molecular complexity index is 840. The number of carbonyl (C=O) groups excluding carboxylic acids is 1. The van der Waals surface area contributed by atoms with Crippen molar-refractivity contribution in [2.45, 2.75) is 19.4 Å². The Kier molecular flexibility index (Phi) is 3.39. The number of benzene rings is 1. The van der Waals surface area contributed by atoms with E-state index < -0.39 is 0 Å². The highest BCUT2D eigenvalue weighted by Crippen LogP contribution is 2.24. The van der Waals surface area contributed by atoms with E-state index in [2.05, 4.69) is 22.5 Å². The lowest BCUT2D eigenvalue weighted by molar-refractivity contribution is -0.131. The number of hydrogen-bond acceptors (Lipinski definition) is 3. The molecule has 22 heavy (non-hydrogen) atoms. The molecule has 0 fully saturated rings. The SMILES string of the molecule is O=C(Cc1cnc2ccccc2c1)N1CCc2sccc2C1. The summed E-state index contributed by atoms with van der Waals surface area (Å²) >= 11 is 1.80. The van der Waals surface area contributed by atoms with Crippen molar-refractivity contribution in [3.63, 3.8) is 0 Å². The Balaban J connectivity index is 1.51. The molecule has 3 nitrogen and oxygen atoms in total. The molecule has 0 bridgehead atoms. The molecular formula is C18H16N2OS. The second-order valence-electron chi connectivity index (χ2n) is 5.65. The first-order chi connectivity index (χ1) is 10.8. The van der Waals surface area contributed by atoms with Crippen molar-refractivity contribution in [2.75, 3.05) is 6.54 Å². The number of pyridine rings is 1. The fourth-order valence-corrected chi connectivity index (χ4v) is 3.85. The first-order valence-electron chi connectivity index (χ1n) is 7.46. The lowest BCUT2D eigenvalue weighted by Crippen LogP contribution is -2.36. The molecule has 0 saturated carbocycles. The van der Waals surface area contributed by atoms with Gasteiger partial charge in [0.15, 0.2) is 0 Å². The Labute approximate surface area is 133 Å². The normalized spacial score (nSPS) is 14.1. The molecule has 4 rings (SSSR count). The van der Waals surface area contributed by atoms with E-state index >= 15 is 0 Å². The average molecular weight is 308 g/mol. The van der Waals surface area contributed by atoms with E-state index in [0.717, 1.165) is 36.0 Å². The standard InChI is InChI=1S/C18H16N2OS/c21-18(20-7-5-17-15(12-20)6-8-22-17)10-13-9-14-3-1-2-4-16(14)19-11-13/h1-4,6,8-9,11H,5,7,10,12H2. The molecule has 0 saturated heterocycles. The van der Waals surface area contributed by atoms with Gasteiger partial charge in [0.2, 0.25) is 5.91 Å². The smallest absolute Gasteiger partial charge is 0.227 e. The molecule has 1 aromatic carbocycles. The van der Waals surface area contributed by atoms with E-state index in [0.29, 0.717) is 6.42 Å². The Hall–Kier alpha value is -2.20. The number of carbonyl (C=O) groups is 1. The first kappa shape index (κ1) is 13.5. The van der Waals surface area contributed by atoms with Crippen molar-refractivity contribution in [3.8, 4) is 0 Å². The van der Waals surface area contributed by atoms with Crippen LogP contribution in [0.25, 0.3) is 10.9 Å². The molecule has 1 aliphatic rings. The Morgan fingerprint density at radius 3 is 3.14 bits per heavy atom. The van der Waals surface area contributed by atoms with E-state index in [4.69, 9.17) is 0 Å². The summed E-state index contributed by atoms with van der Waals surface area (Å²) in [5, 5.41) is 3.21. The summed E-state index contributed by atoms with van der Waals surface area (Å²) in [7, 11) is 0. The van der Waals surface area contributed by atoms with Crippen molar-refractivity contribution in [3.05, 3.63) is 64.0 Å². The molecule has 3 aromatic rings. The van der Waals surface area contributed by atoms with Crippen molar-refractivity contribution >= 4 is 28.1 Å². The van der Waals surface area contributed by atoms with E-state index in [1.165, 1.54) is 10.4 Å². The predicted octanol–water partition coefficient (Wildman–Crippen LogP) is 3.42. The number of amides is 1. The fourth-order valence-electron chi connectivity index (χ4n) is 2.96. The lowest BCUT2D eigenvalue weighted by Gasteiger charge is -2.27. The summed E-state index contributed by atoms with van der Waals surface area (Å²) in [6.45, 7) is 1.58. The van der Waals surface area contributed by atoms with Gasteiger partial charge < -0.3 is 4.90 Å². The van der Waals surface area contributed by atoms with E-state index in [-0.39, 0.29) is 5.91 Å². The van der Waals surface area contributed by atoms with Crippen LogP contribution in [0.5, 0.6) is 0 Å². The van der Waals surface area contributed by atoms with Gasteiger partial charge in [-0.05, 0) is 41.1 Å². The van der Waals surface area contributed by atoms with Gasteiger partial charge in [-0.3, -0.25) is 9.78 Å². The summed E-state index contributed by atoms with van der Waals surface area (Å²) < 4.78 is 0. The predicted molar refractivity (Wildman–Crippen MR) is 88.9 cm³/mol. The molecule has 1 aliphatic heterocycles. The zero-order chi connectivity index (χ0) is 14.9. The number of aromatic nitrogens is 1. The highest BCUT2D eigenvalue weighted by atomic mass is 32.1. The van der Waals surface area contributed by atoms with Gasteiger partial charge in [0.05, 0.1) is 11.9 Å². The topological polar surface area (TPSA) is 33.2 Å². The van der Waals surface area contributed by atoms with Crippen LogP contribution in [-0.4, -0.2) is 22.3 Å². The van der Waals surface area contributed by atoms with Crippen LogP contribution in [0.3, 0.4) is 0 Å². The number of hydrogen-bond donors (Lipinski definition) is 0. The van der Waals surface area contributed by atoms with Crippen LogP contribution < -0.4 is 0 Å². The zero-order valence-electron chi connectivity index (χ0n) is 12.2. The molecule has 0 aliphatic carbocycles. The number of thiophene rings is 1. The van der Waals surface area contributed by atoms with Crippen LogP contribution in [0, 0.1) is 0 Å². The minimum atomic E-state index is 0.189. The molecule has 110 valence electrons. The molecule has 4 heteroatoms. The third kappa shape index (κ3) is 2.50. The average Bonchev–Trinajstić information content (AvgIpc) is 3.02. The van der Waals surface area contributed by atoms with Gasteiger partial charge in [-0.25, -0.2) is 0 Å². The molecule has 0 atom stereocenters. The highest BCUT2D eigenvalue weighted by Gasteiger charge is 2.21. The molecular weight excluding hydrogens is 292 g/mol. The third-order valence-electron chi connectivity index (χ3n) is 4.16. The van der Waals surface area contributed by atoms with Crippen LogP contribution in [0.2, 0.25) is 0 Å². The van der Waals surface area contributed by atoms with Crippen molar-refractivity contribution < 1.29 is 4.79 Å². The maximum atomic E-state index is 12.5. The van der Waals surface area contributed by atoms with Crippen LogP contribution >= 0.6 is 11.3 Å². The van der Waals surface area contributed by atoms with Crippen molar-refractivity contribution in [1.82, 2.24) is 9.88 Å². The van der Waals surface area contributed by atoms with E-state index in [1.54, 1.807) is 11.3 Å². The second-order valence-corrected chi connectivity index (χ2v) is 6.65. The van der Waals surface area contributed by atoms with Crippen LogP contribution in [-0.2, 0) is 24.2 Å². The van der Waals surface area contributed by atoms with Crippen LogP contribution in [0.4, 0.5) is 0 Å². The monoisotopic (exact) mass is 308 g/mol. The highest BCUT2D eigenvalue weighted by molar-refractivity contribution is 7.10. The summed E-state index contributed by atoms with van der Waals surface area (Å²) in [6, 6.07) is 12.2. The van der Waals surface area contributed by atoms with Gasteiger partial charge in [-0.15, -0.1) is 11.3 Å². The largest absolute Gasteiger partial charge is 0.338 e. The van der Waals surface area contributed by atoms with Crippen molar-refractivity contribution in [2.24, 2.45) is 0 Å². The summed E-state index contributed by atoms with van der Waals surface area (Å²) in [5.41, 5.74) is 3.26. The van der Waals surface area contributed by atoms with Crippen LogP contribution in [0.15, 0.2) is 48.0 Å². The number of para-hydroxylation sites is 1. The van der Waals surface area contributed by atoms with Gasteiger partial charge in [0, 0.05) is 29.5 Å². The fraction of sp³-hybridized carbons (Fsp3) is 0.222.